The lowest BCUT2D eigenvalue weighted by molar-refractivity contribution is -0.384. The highest BCUT2D eigenvalue weighted by molar-refractivity contribution is 7.91. The molecule has 2 aromatic heterocycles. The molecule has 0 radical (unpaired) electrons. The van der Waals surface area contributed by atoms with Gasteiger partial charge in [0, 0.05) is 30.4 Å². The van der Waals surface area contributed by atoms with Crippen LogP contribution in [-0.2, 0) is 9.84 Å². The van der Waals surface area contributed by atoms with Gasteiger partial charge in [-0.1, -0.05) is 23.2 Å². The average Bonchev–Trinajstić information content (AvgIpc) is 3.05. The Morgan fingerprint density at radius 3 is 2.24 bits per heavy atom. The van der Waals surface area contributed by atoms with Gasteiger partial charge in [-0.15, -0.1) is 0 Å². The van der Waals surface area contributed by atoms with E-state index in [2.05, 4.69) is 0 Å². The molecular formula is C18H15Cl2N3O5S. The van der Waals surface area contributed by atoms with Crippen molar-refractivity contribution in [1.82, 2.24) is 9.13 Å². The lowest BCUT2D eigenvalue weighted by Crippen LogP contribution is -2.31. The number of hydrogen-bond acceptors (Lipinski definition) is 5. The van der Waals surface area contributed by atoms with Gasteiger partial charge in [0.2, 0.25) is 0 Å². The summed E-state index contributed by atoms with van der Waals surface area (Å²) < 4.78 is 26.8. The van der Waals surface area contributed by atoms with E-state index in [9.17, 15) is 23.3 Å². The Bertz CT molecular complexity index is 1280. The highest BCUT2D eigenvalue weighted by atomic mass is 35.5. The molecule has 1 aliphatic heterocycles. The summed E-state index contributed by atoms with van der Waals surface area (Å²) in [6.45, 7) is 0. The van der Waals surface area contributed by atoms with Gasteiger partial charge in [-0.25, -0.2) is 8.42 Å². The van der Waals surface area contributed by atoms with Crippen molar-refractivity contribution >= 4 is 49.8 Å². The van der Waals surface area contributed by atoms with Gasteiger partial charge in [0.1, 0.15) is 9.84 Å². The number of pyridine rings is 1. The fraction of sp³-hybridized carbons (Fsp3) is 0.278. The van der Waals surface area contributed by atoms with Crippen LogP contribution in [0.3, 0.4) is 0 Å². The second-order valence-corrected chi connectivity index (χ2v) is 10.0. The number of rotatable bonds is 3. The van der Waals surface area contributed by atoms with Crippen molar-refractivity contribution in [2.24, 2.45) is 0 Å². The Kier molecular flexibility index (Phi) is 4.92. The summed E-state index contributed by atoms with van der Waals surface area (Å²) in [6.07, 6.45) is 2.41. The molecule has 0 amide bonds. The molecule has 4 rings (SSSR count). The quantitative estimate of drug-likeness (QED) is 0.441. The molecule has 0 N–H and O–H groups in total. The predicted octanol–water partition coefficient (Wildman–Crippen LogP) is 3.76. The minimum atomic E-state index is -3.06. The normalized spacial score (nSPS) is 16.9. The van der Waals surface area contributed by atoms with E-state index in [1.54, 1.807) is 27.5 Å². The van der Waals surface area contributed by atoms with E-state index in [0.29, 0.717) is 29.6 Å². The molecule has 29 heavy (non-hydrogen) atoms. The number of sulfone groups is 1. The zero-order valence-corrected chi connectivity index (χ0v) is 17.2. The number of benzene rings is 1. The molecule has 152 valence electrons. The Morgan fingerprint density at radius 1 is 1.03 bits per heavy atom. The maximum Gasteiger partial charge on any atom is 0.272 e. The van der Waals surface area contributed by atoms with Gasteiger partial charge in [-0.3, -0.25) is 14.9 Å². The smallest absolute Gasteiger partial charge is 0.272 e. The van der Waals surface area contributed by atoms with E-state index >= 15 is 0 Å². The third kappa shape index (κ3) is 3.54. The molecule has 1 aromatic carbocycles. The summed E-state index contributed by atoms with van der Waals surface area (Å²) in [5, 5.41) is 11.2. The standard InChI is InChI=1S/C18H15Cl2N3O5S/c19-13-9-12(23(25)26)10-14(20)18(13)21-6-3-16-15(21)1-2-17(24)22(16)11-4-7-29(27,28)8-5-11/h1-3,6,9-11H,4-5,7-8H2. The van der Waals surface area contributed by atoms with E-state index in [-0.39, 0.29) is 38.8 Å². The van der Waals surface area contributed by atoms with Crippen LogP contribution in [0.1, 0.15) is 18.9 Å². The lowest BCUT2D eigenvalue weighted by Gasteiger charge is -2.25. The van der Waals surface area contributed by atoms with Crippen molar-refractivity contribution in [3.8, 4) is 5.69 Å². The number of nitrogens with zero attached hydrogens (tertiary/aromatic N) is 3. The highest BCUT2D eigenvalue weighted by Crippen LogP contribution is 2.36. The van der Waals surface area contributed by atoms with Crippen LogP contribution in [0.5, 0.6) is 0 Å². The molecule has 0 spiro atoms. The minimum absolute atomic E-state index is 0.0429. The first-order valence-electron chi connectivity index (χ1n) is 8.75. The van der Waals surface area contributed by atoms with Crippen molar-refractivity contribution in [2.45, 2.75) is 18.9 Å². The lowest BCUT2D eigenvalue weighted by atomic mass is 10.1. The molecule has 1 saturated heterocycles. The van der Waals surface area contributed by atoms with Gasteiger partial charge in [-0.05, 0) is 25.0 Å². The molecule has 0 atom stereocenters. The van der Waals surface area contributed by atoms with Gasteiger partial charge in [-0.2, -0.15) is 0 Å². The van der Waals surface area contributed by atoms with Crippen molar-refractivity contribution < 1.29 is 13.3 Å². The molecule has 0 saturated carbocycles. The first-order valence-corrected chi connectivity index (χ1v) is 11.3. The van der Waals surface area contributed by atoms with Crippen LogP contribution < -0.4 is 5.56 Å². The summed E-state index contributed by atoms with van der Waals surface area (Å²) in [4.78, 5) is 23.0. The molecule has 0 unspecified atom stereocenters. The maximum absolute atomic E-state index is 12.6. The van der Waals surface area contributed by atoms with Crippen LogP contribution in [-0.4, -0.2) is 34.0 Å². The minimum Gasteiger partial charge on any atom is -0.312 e. The van der Waals surface area contributed by atoms with E-state index in [4.69, 9.17) is 23.2 Å². The van der Waals surface area contributed by atoms with Gasteiger partial charge >= 0.3 is 0 Å². The largest absolute Gasteiger partial charge is 0.312 e. The predicted molar refractivity (Wildman–Crippen MR) is 111 cm³/mol. The second kappa shape index (κ2) is 7.16. The molecular weight excluding hydrogens is 441 g/mol. The average molecular weight is 456 g/mol. The van der Waals surface area contributed by atoms with E-state index in [1.165, 1.54) is 18.2 Å². The van der Waals surface area contributed by atoms with E-state index in [0.717, 1.165) is 0 Å². The van der Waals surface area contributed by atoms with Crippen LogP contribution in [0, 0.1) is 10.1 Å². The number of nitro groups is 1. The van der Waals surface area contributed by atoms with Crippen LogP contribution >= 0.6 is 23.2 Å². The number of hydrogen-bond donors (Lipinski definition) is 0. The molecule has 1 fully saturated rings. The fourth-order valence-corrected chi connectivity index (χ4v) is 5.87. The Balaban J connectivity index is 1.86. The molecule has 1 aliphatic rings. The molecule has 0 aliphatic carbocycles. The first-order chi connectivity index (χ1) is 13.7. The van der Waals surface area contributed by atoms with Crippen molar-refractivity contribution in [3.63, 3.8) is 0 Å². The molecule has 8 nitrogen and oxygen atoms in total. The third-order valence-corrected chi connectivity index (χ3v) is 7.42. The molecule has 3 aromatic rings. The summed E-state index contributed by atoms with van der Waals surface area (Å²) >= 11 is 12.6. The van der Waals surface area contributed by atoms with Crippen LogP contribution in [0.4, 0.5) is 5.69 Å². The third-order valence-electron chi connectivity index (χ3n) is 5.13. The van der Waals surface area contributed by atoms with Gasteiger partial charge < -0.3 is 9.13 Å². The zero-order valence-electron chi connectivity index (χ0n) is 14.9. The Labute approximate surface area is 175 Å². The summed E-state index contributed by atoms with van der Waals surface area (Å²) in [5.41, 5.74) is 1.18. The number of nitro benzene ring substituents is 1. The Morgan fingerprint density at radius 2 is 1.66 bits per heavy atom. The maximum atomic E-state index is 12.6. The second-order valence-electron chi connectivity index (χ2n) is 6.90. The number of fused-ring (bicyclic) bond motifs is 1. The SMILES string of the molecule is O=c1ccc2c(ccn2-c2c(Cl)cc([N+](=O)[O-])cc2Cl)n1C1CCS(=O)(=O)CC1. The number of non-ortho nitro benzene ring substituents is 1. The van der Waals surface area contributed by atoms with Gasteiger partial charge in [0.05, 0.1) is 43.2 Å². The van der Waals surface area contributed by atoms with Gasteiger partial charge in [0.15, 0.2) is 0 Å². The Hall–Kier alpha value is -2.36. The number of halogens is 2. The first kappa shape index (κ1) is 19.9. The zero-order chi connectivity index (χ0) is 20.9. The summed E-state index contributed by atoms with van der Waals surface area (Å²) in [5.74, 6) is 0.0857. The van der Waals surface area contributed by atoms with E-state index < -0.39 is 14.8 Å². The van der Waals surface area contributed by atoms with Crippen molar-refractivity contribution in [1.29, 1.82) is 0 Å². The summed E-state index contributed by atoms with van der Waals surface area (Å²) in [6, 6.07) is 6.98. The highest BCUT2D eigenvalue weighted by Gasteiger charge is 2.27. The topological polar surface area (TPSA) is 104 Å². The van der Waals surface area contributed by atoms with Crippen LogP contribution in [0.2, 0.25) is 10.0 Å². The summed E-state index contributed by atoms with van der Waals surface area (Å²) in [7, 11) is -3.06. The molecule has 3 heterocycles. The monoisotopic (exact) mass is 455 g/mol. The van der Waals surface area contributed by atoms with Gasteiger partial charge in [0.25, 0.3) is 11.2 Å². The van der Waals surface area contributed by atoms with E-state index in [1.807, 2.05) is 0 Å². The van der Waals surface area contributed by atoms with Crippen LogP contribution in [0.15, 0.2) is 41.3 Å². The van der Waals surface area contributed by atoms with Crippen molar-refractivity contribution in [3.05, 3.63) is 67.0 Å². The molecule has 0 bridgehead atoms. The number of aromatic nitrogens is 2. The van der Waals surface area contributed by atoms with Crippen molar-refractivity contribution in [2.75, 3.05) is 11.5 Å². The van der Waals surface area contributed by atoms with Crippen LogP contribution in [0.25, 0.3) is 16.7 Å². The molecule has 11 heteroatoms. The fourth-order valence-electron chi connectivity index (χ4n) is 3.75.